The predicted molar refractivity (Wildman–Crippen MR) is 70.2 cm³/mol. The fourth-order valence-electron chi connectivity index (χ4n) is 1.46. The summed E-state index contributed by atoms with van der Waals surface area (Å²) in [6.07, 6.45) is -4.15. The van der Waals surface area contributed by atoms with E-state index in [0.717, 1.165) is 12.1 Å². The number of anilines is 1. The van der Waals surface area contributed by atoms with Crippen LogP contribution < -0.4 is 15.2 Å². The van der Waals surface area contributed by atoms with Crippen molar-refractivity contribution in [3.05, 3.63) is 29.3 Å². The van der Waals surface area contributed by atoms with Crippen molar-refractivity contribution in [2.75, 3.05) is 11.3 Å². The summed E-state index contributed by atoms with van der Waals surface area (Å²) < 4.78 is 65.9. The van der Waals surface area contributed by atoms with E-state index in [4.69, 9.17) is 5.73 Å². The lowest BCUT2D eigenvalue weighted by Gasteiger charge is -2.16. The molecule has 0 aromatic heterocycles. The van der Waals surface area contributed by atoms with Gasteiger partial charge in [0.2, 0.25) is 0 Å². The fraction of sp³-hybridized carbons (Fsp3) is 0.455. The van der Waals surface area contributed by atoms with E-state index in [1.165, 1.54) is 6.07 Å². The molecule has 9 heteroatoms. The van der Waals surface area contributed by atoms with E-state index in [1.54, 1.807) is 6.92 Å². The second-order valence-corrected chi connectivity index (χ2v) is 5.58. The first-order valence-corrected chi connectivity index (χ1v) is 7.35. The van der Waals surface area contributed by atoms with Crippen molar-refractivity contribution in [3.8, 4) is 0 Å². The van der Waals surface area contributed by atoms with Crippen LogP contribution in [0.5, 0.6) is 0 Å². The smallest absolute Gasteiger partial charge is 0.326 e. The van der Waals surface area contributed by atoms with Crippen molar-refractivity contribution in [3.63, 3.8) is 0 Å². The first-order chi connectivity index (χ1) is 9.19. The second-order valence-electron chi connectivity index (χ2n) is 4.08. The van der Waals surface area contributed by atoms with Crippen molar-refractivity contribution in [2.45, 2.75) is 26.1 Å². The normalized spacial score (nSPS) is 12.4. The number of benzene rings is 1. The maximum Gasteiger partial charge on any atom is 0.418 e. The molecule has 0 fully saturated rings. The Morgan fingerprint density at radius 2 is 1.95 bits per heavy atom. The largest absolute Gasteiger partial charge is 0.418 e. The predicted octanol–water partition coefficient (Wildman–Crippen LogP) is 1.82. The minimum absolute atomic E-state index is 0.0653. The maximum absolute atomic E-state index is 12.9. The molecule has 0 saturated heterocycles. The molecule has 0 aliphatic rings. The number of rotatable bonds is 6. The van der Waals surface area contributed by atoms with Crippen LogP contribution >= 0.6 is 0 Å². The molecule has 1 aromatic carbocycles. The summed E-state index contributed by atoms with van der Waals surface area (Å²) in [6, 6.07) is 3.22. The van der Waals surface area contributed by atoms with Crippen LogP contribution in [0, 0.1) is 0 Å². The lowest BCUT2D eigenvalue weighted by molar-refractivity contribution is -0.136. The van der Waals surface area contributed by atoms with E-state index in [-0.39, 0.29) is 18.7 Å². The highest BCUT2D eigenvalue weighted by atomic mass is 32.2. The Morgan fingerprint density at radius 1 is 1.30 bits per heavy atom. The zero-order chi connectivity index (χ0) is 15.4. The molecule has 0 aliphatic carbocycles. The first kappa shape index (κ1) is 16.7. The molecule has 114 valence electrons. The molecule has 0 amide bonds. The van der Waals surface area contributed by atoms with Gasteiger partial charge in [-0.1, -0.05) is 13.0 Å². The van der Waals surface area contributed by atoms with Crippen LogP contribution in [0.3, 0.4) is 0 Å². The second kappa shape index (κ2) is 6.42. The zero-order valence-corrected chi connectivity index (χ0v) is 11.6. The van der Waals surface area contributed by atoms with Gasteiger partial charge in [-0.2, -0.15) is 26.3 Å². The minimum atomic E-state index is -4.67. The van der Waals surface area contributed by atoms with Gasteiger partial charge in [-0.25, -0.2) is 0 Å². The van der Waals surface area contributed by atoms with E-state index < -0.39 is 27.6 Å². The van der Waals surface area contributed by atoms with Crippen LogP contribution in [0.2, 0.25) is 0 Å². The van der Waals surface area contributed by atoms with Gasteiger partial charge < -0.3 is 5.73 Å². The molecule has 0 saturated carbocycles. The molecular weight excluding hydrogens is 295 g/mol. The summed E-state index contributed by atoms with van der Waals surface area (Å²) >= 11 is 0. The van der Waals surface area contributed by atoms with Gasteiger partial charge in [0.1, 0.15) is 0 Å². The molecule has 0 bridgehead atoms. The molecule has 1 rings (SSSR count). The van der Waals surface area contributed by atoms with Crippen molar-refractivity contribution < 1.29 is 21.6 Å². The lowest BCUT2D eigenvalue weighted by Crippen LogP contribution is -2.31. The van der Waals surface area contributed by atoms with E-state index in [2.05, 4.69) is 4.72 Å². The number of alkyl halides is 3. The van der Waals surface area contributed by atoms with Gasteiger partial charge in [-0.05, 0) is 24.1 Å². The average Bonchev–Trinajstić information content (AvgIpc) is 2.35. The van der Waals surface area contributed by atoms with Crippen LogP contribution in [0.4, 0.5) is 18.9 Å². The standard InChI is InChI=1S/C11H16F3N3O2S/c1-2-5-16-20(18,19)17-10-4-3-8(7-15)6-9(10)11(12,13)14/h3-4,6,16-17H,2,5,7,15H2,1H3. The van der Waals surface area contributed by atoms with Crippen LogP contribution in [0.15, 0.2) is 18.2 Å². The Kier molecular flexibility index (Phi) is 5.37. The summed E-state index contributed by atoms with van der Waals surface area (Å²) in [7, 11) is -4.03. The van der Waals surface area contributed by atoms with Gasteiger partial charge in [0.15, 0.2) is 0 Å². The van der Waals surface area contributed by atoms with Gasteiger partial charge in [-0.3, -0.25) is 4.72 Å². The van der Waals surface area contributed by atoms with Gasteiger partial charge in [-0.15, -0.1) is 0 Å². The molecule has 20 heavy (non-hydrogen) atoms. The lowest BCUT2D eigenvalue weighted by atomic mass is 10.1. The highest BCUT2D eigenvalue weighted by molar-refractivity contribution is 7.90. The van der Waals surface area contributed by atoms with Crippen LogP contribution in [0.1, 0.15) is 24.5 Å². The minimum Gasteiger partial charge on any atom is -0.326 e. The third-order valence-electron chi connectivity index (χ3n) is 2.41. The van der Waals surface area contributed by atoms with Crippen LogP contribution in [-0.4, -0.2) is 15.0 Å². The van der Waals surface area contributed by atoms with E-state index >= 15 is 0 Å². The van der Waals surface area contributed by atoms with Crippen molar-refractivity contribution in [1.82, 2.24) is 4.72 Å². The van der Waals surface area contributed by atoms with Crippen molar-refractivity contribution in [1.29, 1.82) is 0 Å². The fourth-order valence-corrected chi connectivity index (χ4v) is 2.47. The summed E-state index contributed by atoms with van der Waals surface area (Å²) in [6.45, 7) is 1.81. The number of halogens is 3. The van der Waals surface area contributed by atoms with Crippen LogP contribution in [-0.2, 0) is 22.9 Å². The molecular formula is C11H16F3N3O2S. The zero-order valence-electron chi connectivity index (χ0n) is 10.8. The summed E-state index contributed by atoms with van der Waals surface area (Å²) in [4.78, 5) is 0. The van der Waals surface area contributed by atoms with E-state index in [1.807, 2.05) is 4.72 Å². The summed E-state index contributed by atoms with van der Waals surface area (Å²) in [5.74, 6) is 0. The average molecular weight is 311 g/mol. The molecule has 5 nitrogen and oxygen atoms in total. The number of nitrogens with one attached hydrogen (secondary N) is 2. The summed E-state index contributed by atoms with van der Waals surface area (Å²) in [5.41, 5.74) is 3.96. The topological polar surface area (TPSA) is 84.2 Å². The Morgan fingerprint density at radius 3 is 2.45 bits per heavy atom. The number of nitrogens with two attached hydrogens (primary N) is 1. The van der Waals surface area contributed by atoms with Crippen molar-refractivity contribution in [2.24, 2.45) is 5.73 Å². The molecule has 0 aliphatic heterocycles. The highest BCUT2D eigenvalue weighted by Gasteiger charge is 2.34. The Labute approximate surface area is 115 Å². The quantitative estimate of drug-likeness (QED) is 0.749. The van der Waals surface area contributed by atoms with Gasteiger partial charge in [0, 0.05) is 13.1 Å². The molecule has 0 radical (unpaired) electrons. The highest BCUT2D eigenvalue weighted by Crippen LogP contribution is 2.35. The van der Waals surface area contributed by atoms with Gasteiger partial charge in [0.25, 0.3) is 10.2 Å². The molecule has 0 heterocycles. The van der Waals surface area contributed by atoms with Crippen molar-refractivity contribution >= 4 is 15.9 Å². The summed E-state index contributed by atoms with van der Waals surface area (Å²) in [5, 5.41) is 0. The Balaban J connectivity index is 3.12. The maximum atomic E-state index is 12.9. The Bertz CT molecular complexity index is 559. The SMILES string of the molecule is CCCNS(=O)(=O)Nc1ccc(CN)cc1C(F)(F)F. The number of hydrogen-bond donors (Lipinski definition) is 3. The first-order valence-electron chi connectivity index (χ1n) is 5.87. The molecule has 1 aromatic rings. The molecule has 0 atom stereocenters. The monoisotopic (exact) mass is 311 g/mol. The molecule has 0 unspecified atom stereocenters. The van der Waals surface area contributed by atoms with Gasteiger partial charge >= 0.3 is 6.18 Å². The van der Waals surface area contributed by atoms with E-state index in [0.29, 0.717) is 6.42 Å². The molecule has 4 N–H and O–H groups in total. The number of hydrogen-bond acceptors (Lipinski definition) is 3. The van der Waals surface area contributed by atoms with Crippen LogP contribution in [0.25, 0.3) is 0 Å². The Hall–Kier alpha value is -1.32. The van der Waals surface area contributed by atoms with Gasteiger partial charge in [0.05, 0.1) is 11.3 Å². The van der Waals surface area contributed by atoms with E-state index in [9.17, 15) is 21.6 Å². The third kappa shape index (κ3) is 4.66. The third-order valence-corrected chi connectivity index (χ3v) is 3.48. The molecule has 0 spiro atoms.